The van der Waals surface area contributed by atoms with Crippen LogP contribution in [0.3, 0.4) is 0 Å². The van der Waals surface area contributed by atoms with Crippen LogP contribution in [-0.2, 0) is 16.0 Å². The smallest absolute Gasteiger partial charge is 0.252 e. The molecule has 1 unspecified atom stereocenters. The van der Waals surface area contributed by atoms with Gasteiger partial charge in [-0.1, -0.05) is 85.0 Å². The van der Waals surface area contributed by atoms with Gasteiger partial charge in [-0.2, -0.15) is 0 Å². The summed E-state index contributed by atoms with van der Waals surface area (Å²) < 4.78 is 0. The maximum absolute atomic E-state index is 14.6. The second kappa shape index (κ2) is 8.55. The Balaban J connectivity index is 1.20. The fraction of sp³-hybridized carbons (Fsp3) is 0.429. The highest BCUT2D eigenvalue weighted by Crippen LogP contribution is 2.56. The number of carbonyl (C=O) groups excluding carboxylic acids is 2. The van der Waals surface area contributed by atoms with E-state index in [0.29, 0.717) is 12.3 Å². The molecule has 8 aliphatic rings. The van der Waals surface area contributed by atoms with E-state index in [1.807, 2.05) is 53.4 Å². The number of nitrogens with one attached hydrogen (secondary N) is 1. The summed E-state index contributed by atoms with van der Waals surface area (Å²) in [5, 5.41) is 3.64. The molecule has 0 saturated heterocycles. The minimum atomic E-state index is -0.682. The minimum absolute atomic E-state index is 0.000202. The van der Waals surface area contributed by atoms with E-state index < -0.39 is 11.6 Å². The number of allylic oxidation sites excluding steroid dienone is 2. The van der Waals surface area contributed by atoms with Gasteiger partial charge in [0, 0.05) is 17.5 Å². The van der Waals surface area contributed by atoms with E-state index in [-0.39, 0.29) is 17.4 Å². The second-order valence-electron chi connectivity index (χ2n) is 13.2. The summed E-state index contributed by atoms with van der Waals surface area (Å²) >= 11 is 0. The van der Waals surface area contributed by atoms with E-state index >= 15 is 0 Å². The van der Waals surface area contributed by atoms with Crippen molar-refractivity contribution >= 4 is 11.8 Å². The SMILES string of the molecule is O=C(NC12CC3CC(CC(C3)C1)C2)C(c1ccccc1)N1C(=O)C(Cc2ccccc2)=C2CC3C=CC21C=C3. The highest BCUT2D eigenvalue weighted by atomic mass is 16.2. The van der Waals surface area contributed by atoms with Crippen molar-refractivity contribution in [3.8, 4) is 0 Å². The first-order valence-electron chi connectivity index (χ1n) is 14.9. The Bertz CT molecular complexity index is 1370. The van der Waals surface area contributed by atoms with E-state index in [9.17, 15) is 9.59 Å². The van der Waals surface area contributed by atoms with Gasteiger partial charge in [0.1, 0.15) is 11.6 Å². The number of benzene rings is 2. The molecule has 2 aromatic carbocycles. The Morgan fingerprint density at radius 2 is 1.46 bits per heavy atom. The van der Waals surface area contributed by atoms with Gasteiger partial charge in [-0.15, -0.1) is 0 Å². The van der Waals surface area contributed by atoms with Gasteiger partial charge in [-0.05, 0) is 85.3 Å². The van der Waals surface area contributed by atoms with Crippen molar-refractivity contribution in [3.63, 3.8) is 0 Å². The number of hydrogen-bond acceptors (Lipinski definition) is 2. The predicted molar refractivity (Wildman–Crippen MR) is 151 cm³/mol. The summed E-state index contributed by atoms with van der Waals surface area (Å²) in [6.45, 7) is 0. The van der Waals surface area contributed by atoms with Crippen molar-refractivity contribution < 1.29 is 9.59 Å². The first-order chi connectivity index (χ1) is 19.0. The number of hydrogen-bond donors (Lipinski definition) is 1. The maximum Gasteiger partial charge on any atom is 0.252 e. The van der Waals surface area contributed by atoms with Crippen molar-refractivity contribution in [2.24, 2.45) is 23.7 Å². The number of carbonyl (C=O) groups is 2. The van der Waals surface area contributed by atoms with Crippen LogP contribution >= 0.6 is 0 Å². The summed E-state index contributed by atoms with van der Waals surface area (Å²) in [4.78, 5) is 31.1. The van der Waals surface area contributed by atoms with E-state index in [0.717, 1.165) is 60.1 Å². The van der Waals surface area contributed by atoms with Gasteiger partial charge in [-0.3, -0.25) is 9.59 Å². The van der Waals surface area contributed by atoms with Gasteiger partial charge in [0.25, 0.3) is 5.91 Å². The van der Waals surface area contributed by atoms with Gasteiger partial charge in [0.05, 0.1) is 0 Å². The lowest BCUT2D eigenvalue weighted by atomic mass is 9.53. The molecule has 1 spiro atoms. The molecule has 4 nitrogen and oxygen atoms in total. The molecule has 4 saturated carbocycles. The predicted octanol–water partition coefficient (Wildman–Crippen LogP) is 6.08. The van der Waals surface area contributed by atoms with Crippen LogP contribution in [-0.4, -0.2) is 27.8 Å². The summed E-state index contributed by atoms with van der Waals surface area (Å²) in [7, 11) is 0. The molecular weight excluding hydrogens is 480 g/mol. The van der Waals surface area contributed by atoms with Crippen LogP contribution in [0.5, 0.6) is 0 Å². The van der Waals surface area contributed by atoms with Crippen LogP contribution in [0.1, 0.15) is 62.1 Å². The molecular formula is C35H36N2O2. The number of nitrogens with zero attached hydrogens (tertiary/aromatic N) is 1. The first kappa shape index (κ1) is 23.5. The van der Waals surface area contributed by atoms with Gasteiger partial charge >= 0.3 is 0 Å². The van der Waals surface area contributed by atoms with Crippen molar-refractivity contribution in [1.29, 1.82) is 0 Å². The second-order valence-corrected chi connectivity index (χ2v) is 13.2. The summed E-state index contributed by atoms with van der Waals surface area (Å²) in [5.74, 6) is 2.52. The molecule has 2 aromatic rings. The monoisotopic (exact) mass is 516 g/mol. The molecule has 10 rings (SSSR count). The van der Waals surface area contributed by atoms with Gasteiger partial charge in [-0.25, -0.2) is 0 Å². The third-order valence-corrected chi connectivity index (χ3v) is 10.6. The van der Waals surface area contributed by atoms with Crippen LogP contribution in [0.4, 0.5) is 0 Å². The van der Waals surface area contributed by atoms with E-state index in [4.69, 9.17) is 0 Å². The third-order valence-electron chi connectivity index (χ3n) is 10.6. The van der Waals surface area contributed by atoms with Crippen LogP contribution in [0.25, 0.3) is 0 Å². The van der Waals surface area contributed by atoms with Crippen molar-refractivity contribution in [1.82, 2.24) is 10.2 Å². The molecule has 7 aliphatic carbocycles. The summed E-state index contributed by atoms with van der Waals surface area (Å²) in [6, 6.07) is 19.6. The van der Waals surface area contributed by atoms with Crippen molar-refractivity contribution in [2.45, 2.75) is 68.5 Å². The highest BCUT2D eigenvalue weighted by Gasteiger charge is 2.57. The molecule has 4 fully saturated rings. The highest BCUT2D eigenvalue weighted by molar-refractivity contribution is 6.03. The minimum Gasteiger partial charge on any atom is -0.349 e. The Morgan fingerprint density at radius 1 is 0.872 bits per heavy atom. The fourth-order valence-corrected chi connectivity index (χ4v) is 9.47. The average molecular weight is 517 g/mol. The molecule has 1 heterocycles. The molecule has 39 heavy (non-hydrogen) atoms. The van der Waals surface area contributed by atoms with Crippen LogP contribution in [0, 0.1) is 23.7 Å². The lowest BCUT2D eigenvalue weighted by molar-refractivity contribution is -0.142. The van der Waals surface area contributed by atoms with E-state index in [1.54, 1.807) is 0 Å². The van der Waals surface area contributed by atoms with E-state index in [2.05, 4.69) is 41.8 Å². The standard InChI is InChI=1S/C35H36N2O2/c38-32(36-34-20-25-15-26(21-34)17-27(16-25)22-34)31(28-9-5-2-6-10-28)37-33(39)29(18-23-7-3-1-4-8-23)30-19-24-11-13-35(30,37)14-12-24/h1-14,24-27,31H,15-22H2,(H,36,38). The zero-order valence-corrected chi connectivity index (χ0v) is 22.4. The van der Waals surface area contributed by atoms with Crippen LogP contribution in [0.15, 0.2) is 96.1 Å². The normalized spacial score (nSPS) is 36.0. The topological polar surface area (TPSA) is 49.4 Å². The van der Waals surface area contributed by atoms with Gasteiger partial charge < -0.3 is 10.2 Å². The average Bonchev–Trinajstić information content (AvgIpc) is 3.17. The Hall–Kier alpha value is -3.40. The number of rotatable bonds is 6. The lowest BCUT2D eigenvalue weighted by Crippen LogP contribution is -2.62. The van der Waals surface area contributed by atoms with Crippen molar-refractivity contribution in [3.05, 3.63) is 107 Å². The zero-order valence-electron chi connectivity index (χ0n) is 22.4. The Labute approximate surface area is 230 Å². The Kier molecular flexibility index (Phi) is 5.15. The quantitative estimate of drug-likeness (QED) is 0.473. The van der Waals surface area contributed by atoms with E-state index in [1.165, 1.54) is 24.8 Å². The third kappa shape index (κ3) is 3.63. The number of amides is 2. The molecule has 1 N–H and O–H groups in total. The largest absolute Gasteiger partial charge is 0.349 e. The molecule has 2 amide bonds. The molecule has 1 aliphatic heterocycles. The van der Waals surface area contributed by atoms with Gasteiger partial charge in [0.15, 0.2) is 0 Å². The fourth-order valence-electron chi connectivity index (χ4n) is 9.47. The molecule has 1 atom stereocenters. The molecule has 198 valence electrons. The van der Waals surface area contributed by atoms with Crippen LogP contribution in [0.2, 0.25) is 0 Å². The summed E-state index contributed by atoms with van der Waals surface area (Å²) in [6.07, 6.45) is 17.6. The first-order valence-corrected chi connectivity index (χ1v) is 14.9. The molecule has 6 bridgehead atoms. The molecule has 4 heteroatoms. The summed E-state index contributed by atoms with van der Waals surface area (Å²) in [5.41, 5.74) is 3.28. The van der Waals surface area contributed by atoms with Gasteiger partial charge in [0.2, 0.25) is 5.91 Å². The van der Waals surface area contributed by atoms with Crippen LogP contribution < -0.4 is 5.32 Å². The maximum atomic E-state index is 14.6. The molecule has 0 aromatic heterocycles. The molecule has 0 radical (unpaired) electrons. The van der Waals surface area contributed by atoms with Crippen molar-refractivity contribution in [2.75, 3.05) is 0 Å². The Morgan fingerprint density at radius 3 is 2.08 bits per heavy atom. The zero-order chi connectivity index (χ0) is 26.2. The lowest BCUT2D eigenvalue weighted by Gasteiger charge is -2.57.